The third-order valence-electron chi connectivity index (χ3n) is 2.67. The Bertz CT molecular complexity index is 593. The molecule has 0 atom stereocenters. The van der Waals surface area contributed by atoms with Gasteiger partial charge in [-0.15, -0.1) is 0 Å². The quantitative estimate of drug-likeness (QED) is 0.351. The standard InChI is InChI=1S/C14H11NO3/c16-15(12-4-2-1-3-5-12)9-11-6-7-13-14(8-11)18-10-17-13/h1-9H,10H2/b15-9+. The van der Waals surface area contributed by atoms with Crippen molar-refractivity contribution < 1.29 is 14.2 Å². The van der Waals surface area contributed by atoms with E-state index in [0.29, 0.717) is 17.2 Å². The number of hydrogen-bond acceptors (Lipinski definition) is 3. The van der Waals surface area contributed by atoms with Crippen LogP contribution in [0, 0.1) is 5.21 Å². The fourth-order valence-electron chi connectivity index (χ4n) is 1.78. The Morgan fingerprint density at radius 3 is 2.61 bits per heavy atom. The average molecular weight is 241 g/mol. The molecule has 0 radical (unpaired) electrons. The minimum atomic E-state index is 0.235. The summed E-state index contributed by atoms with van der Waals surface area (Å²) in [6.07, 6.45) is 1.51. The van der Waals surface area contributed by atoms with E-state index in [9.17, 15) is 5.21 Å². The van der Waals surface area contributed by atoms with Gasteiger partial charge < -0.3 is 14.7 Å². The Kier molecular flexibility index (Phi) is 2.61. The summed E-state index contributed by atoms with van der Waals surface area (Å²) in [4.78, 5) is 0. The Hall–Kier alpha value is -2.49. The molecule has 2 aromatic carbocycles. The predicted molar refractivity (Wildman–Crippen MR) is 67.5 cm³/mol. The molecular weight excluding hydrogens is 230 g/mol. The van der Waals surface area contributed by atoms with Crippen LogP contribution in [-0.2, 0) is 0 Å². The molecule has 0 N–H and O–H groups in total. The van der Waals surface area contributed by atoms with Crippen LogP contribution in [0.25, 0.3) is 0 Å². The fraction of sp³-hybridized carbons (Fsp3) is 0.0714. The van der Waals surface area contributed by atoms with Crippen molar-refractivity contribution in [1.29, 1.82) is 0 Å². The first kappa shape index (κ1) is 10.7. The van der Waals surface area contributed by atoms with Gasteiger partial charge in [-0.2, -0.15) is 4.74 Å². The molecule has 0 aliphatic carbocycles. The van der Waals surface area contributed by atoms with Crippen LogP contribution in [0.2, 0.25) is 0 Å². The monoisotopic (exact) mass is 241 g/mol. The predicted octanol–water partition coefficient (Wildman–Crippen LogP) is 2.68. The van der Waals surface area contributed by atoms with Crippen LogP contribution in [-0.4, -0.2) is 17.7 Å². The van der Waals surface area contributed by atoms with E-state index >= 15 is 0 Å². The number of nitrogens with zero attached hydrogens (tertiary/aromatic N) is 1. The Labute approximate surface area is 104 Å². The highest BCUT2D eigenvalue weighted by Crippen LogP contribution is 2.32. The highest BCUT2D eigenvalue weighted by atomic mass is 16.7. The van der Waals surface area contributed by atoms with Crippen molar-refractivity contribution >= 4 is 11.9 Å². The van der Waals surface area contributed by atoms with Gasteiger partial charge in [-0.3, -0.25) is 0 Å². The number of fused-ring (bicyclic) bond motifs is 1. The lowest BCUT2D eigenvalue weighted by atomic mass is 10.2. The van der Waals surface area contributed by atoms with Gasteiger partial charge in [0.05, 0.1) is 0 Å². The second-order valence-corrected chi connectivity index (χ2v) is 3.90. The first-order chi connectivity index (χ1) is 8.83. The lowest BCUT2D eigenvalue weighted by Gasteiger charge is -2.02. The number of para-hydroxylation sites is 1. The van der Waals surface area contributed by atoms with Crippen molar-refractivity contribution in [2.24, 2.45) is 0 Å². The van der Waals surface area contributed by atoms with E-state index in [4.69, 9.17) is 9.47 Å². The maximum absolute atomic E-state index is 11.9. The van der Waals surface area contributed by atoms with Crippen LogP contribution >= 0.6 is 0 Å². The van der Waals surface area contributed by atoms with Gasteiger partial charge in [0.1, 0.15) is 0 Å². The minimum absolute atomic E-state index is 0.235. The zero-order chi connectivity index (χ0) is 12.4. The molecule has 90 valence electrons. The van der Waals surface area contributed by atoms with E-state index < -0.39 is 0 Å². The van der Waals surface area contributed by atoms with Gasteiger partial charge in [0, 0.05) is 17.7 Å². The van der Waals surface area contributed by atoms with Crippen LogP contribution in [0.4, 0.5) is 5.69 Å². The SMILES string of the molecule is [O-]/[N+](=C/c1ccc2c(c1)OCO2)c1ccccc1. The lowest BCUT2D eigenvalue weighted by Crippen LogP contribution is -1.98. The molecule has 4 nitrogen and oxygen atoms in total. The molecule has 18 heavy (non-hydrogen) atoms. The second kappa shape index (κ2) is 4.41. The van der Waals surface area contributed by atoms with E-state index in [-0.39, 0.29) is 6.79 Å². The normalized spacial score (nSPS) is 13.7. The average Bonchev–Trinajstić information content (AvgIpc) is 2.87. The summed E-state index contributed by atoms with van der Waals surface area (Å²) in [5.74, 6) is 1.38. The Balaban J connectivity index is 1.92. The lowest BCUT2D eigenvalue weighted by molar-refractivity contribution is -0.354. The molecule has 0 amide bonds. The number of rotatable bonds is 2. The van der Waals surface area contributed by atoms with Crippen molar-refractivity contribution in [1.82, 2.24) is 0 Å². The Morgan fingerprint density at radius 1 is 1.00 bits per heavy atom. The molecular formula is C14H11NO3. The zero-order valence-electron chi connectivity index (χ0n) is 9.58. The van der Waals surface area contributed by atoms with Crippen LogP contribution in [0.1, 0.15) is 5.56 Å². The summed E-state index contributed by atoms with van der Waals surface area (Å²) >= 11 is 0. The van der Waals surface area contributed by atoms with Crippen molar-refractivity contribution in [3.63, 3.8) is 0 Å². The number of ether oxygens (including phenoxy) is 2. The van der Waals surface area contributed by atoms with Gasteiger partial charge in [-0.25, -0.2) is 0 Å². The molecule has 0 fully saturated rings. The minimum Gasteiger partial charge on any atom is -0.618 e. The molecule has 0 saturated heterocycles. The molecule has 4 heteroatoms. The molecule has 0 unspecified atom stereocenters. The van der Waals surface area contributed by atoms with Crippen molar-refractivity contribution in [2.75, 3.05) is 6.79 Å². The maximum Gasteiger partial charge on any atom is 0.231 e. The van der Waals surface area contributed by atoms with Gasteiger partial charge in [-0.1, -0.05) is 18.2 Å². The second-order valence-electron chi connectivity index (χ2n) is 3.90. The van der Waals surface area contributed by atoms with Crippen molar-refractivity contribution in [3.8, 4) is 11.5 Å². The summed E-state index contributed by atoms with van der Waals surface area (Å²) in [6.45, 7) is 0.235. The fourth-order valence-corrected chi connectivity index (χ4v) is 1.78. The number of benzene rings is 2. The van der Waals surface area contributed by atoms with E-state index in [1.54, 1.807) is 24.3 Å². The first-order valence-corrected chi connectivity index (χ1v) is 5.59. The topological polar surface area (TPSA) is 44.5 Å². The highest BCUT2D eigenvalue weighted by Gasteiger charge is 2.13. The van der Waals surface area contributed by atoms with E-state index in [0.717, 1.165) is 10.3 Å². The van der Waals surface area contributed by atoms with Crippen molar-refractivity contribution in [2.45, 2.75) is 0 Å². The summed E-state index contributed by atoms with van der Waals surface area (Å²) in [5.41, 5.74) is 1.37. The highest BCUT2D eigenvalue weighted by molar-refractivity contribution is 5.78. The largest absolute Gasteiger partial charge is 0.618 e. The maximum atomic E-state index is 11.9. The summed E-state index contributed by atoms with van der Waals surface area (Å²) in [7, 11) is 0. The summed E-state index contributed by atoms with van der Waals surface area (Å²) in [5, 5.41) is 11.9. The number of hydrogen-bond donors (Lipinski definition) is 0. The van der Waals surface area contributed by atoms with Gasteiger partial charge in [-0.05, 0) is 18.2 Å². The van der Waals surface area contributed by atoms with Crippen molar-refractivity contribution in [3.05, 3.63) is 59.3 Å². The van der Waals surface area contributed by atoms with Crippen LogP contribution in [0.15, 0.2) is 48.5 Å². The molecule has 1 aliphatic rings. The first-order valence-electron chi connectivity index (χ1n) is 5.59. The molecule has 0 aromatic heterocycles. The van der Waals surface area contributed by atoms with E-state index in [2.05, 4.69) is 0 Å². The molecule has 0 spiro atoms. The summed E-state index contributed by atoms with van der Waals surface area (Å²) in [6, 6.07) is 14.5. The smallest absolute Gasteiger partial charge is 0.231 e. The molecule has 2 aromatic rings. The third kappa shape index (κ3) is 2.00. The van der Waals surface area contributed by atoms with Gasteiger partial charge >= 0.3 is 0 Å². The molecule has 1 heterocycles. The summed E-state index contributed by atoms with van der Waals surface area (Å²) < 4.78 is 11.3. The van der Waals surface area contributed by atoms with E-state index in [1.165, 1.54) is 6.21 Å². The Morgan fingerprint density at radius 2 is 1.78 bits per heavy atom. The van der Waals surface area contributed by atoms with E-state index in [1.807, 2.05) is 24.3 Å². The van der Waals surface area contributed by atoms with Gasteiger partial charge in [0.15, 0.2) is 17.7 Å². The molecule has 1 aliphatic heterocycles. The third-order valence-corrected chi connectivity index (χ3v) is 2.67. The van der Waals surface area contributed by atoms with Crippen LogP contribution < -0.4 is 9.47 Å². The van der Waals surface area contributed by atoms with Gasteiger partial charge in [0.25, 0.3) is 0 Å². The van der Waals surface area contributed by atoms with Crippen LogP contribution in [0.5, 0.6) is 11.5 Å². The molecule has 0 bridgehead atoms. The molecule has 3 rings (SSSR count). The van der Waals surface area contributed by atoms with Gasteiger partial charge in [0.2, 0.25) is 12.5 Å². The van der Waals surface area contributed by atoms with Crippen LogP contribution in [0.3, 0.4) is 0 Å². The molecule has 0 saturated carbocycles. The zero-order valence-corrected chi connectivity index (χ0v) is 9.58.